The van der Waals surface area contributed by atoms with Gasteiger partial charge >= 0.3 is 0 Å². The molecule has 2 aliphatic rings. The van der Waals surface area contributed by atoms with Gasteiger partial charge in [-0.25, -0.2) is 0 Å². The van der Waals surface area contributed by atoms with Crippen molar-refractivity contribution in [3.63, 3.8) is 0 Å². The number of likely N-dealkylation sites (tertiary alicyclic amines) is 1. The van der Waals surface area contributed by atoms with Crippen LogP contribution in [-0.2, 0) is 11.4 Å². The number of morpholine rings is 1. The summed E-state index contributed by atoms with van der Waals surface area (Å²) in [4.78, 5) is 9.05. The lowest BCUT2D eigenvalue weighted by Gasteiger charge is -2.31. The highest BCUT2D eigenvalue weighted by Gasteiger charge is 2.14. The number of anilines is 1. The molecule has 0 spiro atoms. The van der Waals surface area contributed by atoms with Gasteiger partial charge < -0.3 is 19.3 Å². The zero-order chi connectivity index (χ0) is 21.1. The maximum atomic E-state index is 6.00. The van der Waals surface area contributed by atoms with Gasteiger partial charge in [0.2, 0.25) is 0 Å². The van der Waals surface area contributed by atoms with Crippen LogP contribution in [0.2, 0.25) is 0 Å². The number of ether oxygens (including phenoxy) is 2. The minimum Gasteiger partial charge on any atom is -0.494 e. The fourth-order valence-electron chi connectivity index (χ4n) is 4.25. The van der Waals surface area contributed by atoms with Crippen LogP contribution >= 0.6 is 0 Å². The van der Waals surface area contributed by atoms with Gasteiger partial charge in [-0.3, -0.25) is 4.90 Å². The molecule has 2 aliphatic heterocycles. The molecule has 0 aliphatic carbocycles. The number of hydrogen-bond acceptors (Lipinski definition) is 7. The highest BCUT2D eigenvalue weighted by molar-refractivity contribution is 5.48. The van der Waals surface area contributed by atoms with Crippen molar-refractivity contribution < 1.29 is 9.47 Å². The first-order chi connectivity index (χ1) is 15.4. The summed E-state index contributed by atoms with van der Waals surface area (Å²) < 4.78 is 11.5. The van der Waals surface area contributed by atoms with Gasteiger partial charge in [-0.2, -0.15) is 15.0 Å². The maximum Gasteiger partial charge on any atom is 0.132 e. The molecule has 8 nitrogen and oxygen atoms in total. The van der Waals surface area contributed by atoms with E-state index in [1.54, 1.807) is 17.2 Å². The average Bonchev–Trinajstić information content (AvgIpc) is 3.35. The van der Waals surface area contributed by atoms with E-state index in [-0.39, 0.29) is 0 Å². The van der Waals surface area contributed by atoms with Crippen molar-refractivity contribution in [1.82, 2.24) is 24.8 Å². The van der Waals surface area contributed by atoms with Crippen molar-refractivity contribution in [3.05, 3.63) is 36.7 Å². The monoisotopic (exact) mass is 428 g/mol. The quantitative estimate of drug-likeness (QED) is 0.509. The second-order valence-corrected chi connectivity index (χ2v) is 8.36. The fourth-order valence-corrected chi connectivity index (χ4v) is 4.25. The van der Waals surface area contributed by atoms with E-state index < -0.39 is 0 Å². The van der Waals surface area contributed by atoms with E-state index in [0.717, 1.165) is 70.4 Å². The number of hydrogen-bond donors (Lipinski definition) is 0. The molecular formula is C23H36N6O2. The maximum absolute atomic E-state index is 6.00. The molecule has 0 amide bonds. The van der Waals surface area contributed by atoms with Crippen LogP contribution in [0.1, 0.15) is 25.7 Å². The summed E-state index contributed by atoms with van der Waals surface area (Å²) in [6, 6.07) is 8.44. The van der Waals surface area contributed by atoms with Crippen LogP contribution in [0.15, 0.2) is 36.7 Å². The van der Waals surface area contributed by atoms with Crippen molar-refractivity contribution in [2.24, 2.45) is 0 Å². The SMILES string of the molecule is c1cnn(CN(CCN2CCOCC2)c2ccc(OCCCN3CCCCC3)cc2)n1. The predicted molar refractivity (Wildman–Crippen MR) is 121 cm³/mol. The van der Waals surface area contributed by atoms with E-state index in [4.69, 9.17) is 9.47 Å². The topological polar surface area (TPSA) is 58.9 Å². The molecule has 2 aromatic rings. The van der Waals surface area contributed by atoms with Crippen molar-refractivity contribution in [1.29, 1.82) is 0 Å². The summed E-state index contributed by atoms with van der Waals surface area (Å²) in [5, 5.41) is 8.57. The van der Waals surface area contributed by atoms with E-state index in [1.165, 1.54) is 32.4 Å². The van der Waals surface area contributed by atoms with Gasteiger partial charge in [0.25, 0.3) is 0 Å². The third kappa shape index (κ3) is 7.19. The summed E-state index contributed by atoms with van der Waals surface area (Å²) in [7, 11) is 0. The van der Waals surface area contributed by atoms with Gasteiger partial charge in [0.1, 0.15) is 12.4 Å². The summed E-state index contributed by atoms with van der Waals surface area (Å²) >= 11 is 0. The molecule has 0 unspecified atom stereocenters. The van der Waals surface area contributed by atoms with Gasteiger partial charge in [0, 0.05) is 38.4 Å². The summed E-state index contributed by atoms with van der Waals surface area (Å²) in [5.41, 5.74) is 1.16. The van der Waals surface area contributed by atoms with Crippen molar-refractivity contribution in [2.75, 3.05) is 70.5 Å². The number of benzene rings is 1. The minimum atomic E-state index is 0.632. The molecule has 170 valence electrons. The first-order valence-electron chi connectivity index (χ1n) is 11.7. The van der Waals surface area contributed by atoms with Crippen LogP contribution in [-0.4, -0.2) is 90.4 Å². The van der Waals surface area contributed by atoms with Gasteiger partial charge in [0.05, 0.1) is 32.2 Å². The van der Waals surface area contributed by atoms with Crippen molar-refractivity contribution in [3.8, 4) is 5.75 Å². The van der Waals surface area contributed by atoms with E-state index >= 15 is 0 Å². The molecule has 31 heavy (non-hydrogen) atoms. The fraction of sp³-hybridized carbons (Fsp3) is 0.652. The Hall–Kier alpha value is -2.16. The second kappa shape index (κ2) is 12.0. The molecule has 0 bridgehead atoms. The van der Waals surface area contributed by atoms with Crippen LogP contribution < -0.4 is 9.64 Å². The molecule has 1 aromatic heterocycles. The number of nitrogens with zero attached hydrogens (tertiary/aromatic N) is 6. The van der Waals surface area contributed by atoms with Crippen LogP contribution in [0, 0.1) is 0 Å². The molecule has 3 heterocycles. The Morgan fingerprint density at radius 2 is 1.58 bits per heavy atom. The molecule has 0 atom stereocenters. The molecule has 2 saturated heterocycles. The van der Waals surface area contributed by atoms with Gasteiger partial charge in [0.15, 0.2) is 0 Å². The zero-order valence-corrected chi connectivity index (χ0v) is 18.6. The van der Waals surface area contributed by atoms with Gasteiger partial charge in [-0.05, 0) is 56.6 Å². The van der Waals surface area contributed by atoms with Gasteiger partial charge in [-0.1, -0.05) is 6.42 Å². The minimum absolute atomic E-state index is 0.632. The lowest BCUT2D eigenvalue weighted by molar-refractivity contribution is 0.0390. The second-order valence-electron chi connectivity index (χ2n) is 8.36. The molecule has 0 N–H and O–H groups in total. The third-order valence-corrected chi connectivity index (χ3v) is 6.09. The van der Waals surface area contributed by atoms with E-state index in [0.29, 0.717) is 6.67 Å². The zero-order valence-electron chi connectivity index (χ0n) is 18.6. The van der Waals surface area contributed by atoms with Crippen LogP contribution in [0.3, 0.4) is 0 Å². The third-order valence-electron chi connectivity index (χ3n) is 6.09. The Morgan fingerprint density at radius 1 is 0.871 bits per heavy atom. The first kappa shape index (κ1) is 22.0. The highest BCUT2D eigenvalue weighted by atomic mass is 16.5. The van der Waals surface area contributed by atoms with Gasteiger partial charge in [-0.15, -0.1) is 0 Å². The highest BCUT2D eigenvalue weighted by Crippen LogP contribution is 2.20. The van der Waals surface area contributed by atoms with Crippen LogP contribution in [0.25, 0.3) is 0 Å². The summed E-state index contributed by atoms with van der Waals surface area (Å²) in [6.07, 6.45) is 8.61. The smallest absolute Gasteiger partial charge is 0.132 e. The Kier molecular flexibility index (Phi) is 8.55. The van der Waals surface area contributed by atoms with E-state index in [1.807, 2.05) is 0 Å². The Balaban J connectivity index is 1.27. The average molecular weight is 429 g/mol. The molecule has 8 heteroatoms. The first-order valence-corrected chi connectivity index (χ1v) is 11.7. The normalized spacial score (nSPS) is 18.2. The Morgan fingerprint density at radius 3 is 2.32 bits per heavy atom. The lowest BCUT2D eigenvalue weighted by atomic mass is 10.1. The summed E-state index contributed by atoms with van der Waals surface area (Å²) in [5.74, 6) is 0.938. The van der Waals surface area contributed by atoms with Crippen LogP contribution in [0.4, 0.5) is 5.69 Å². The molecule has 4 rings (SSSR count). The predicted octanol–water partition coefficient (Wildman–Crippen LogP) is 2.33. The molecule has 2 fully saturated rings. The lowest BCUT2D eigenvalue weighted by Crippen LogP contribution is -2.42. The number of rotatable bonds is 11. The van der Waals surface area contributed by atoms with E-state index in [2.05, 4.69) is 49.2 Å². The van der Waals surface area contributed by atoms with Crippen molar-refractivity contribution in [2.45, 2.75) is 32.4 Å². The van der Waals surface area contributed by atoms with Crippen LogP contribution in [0.5, 0.6) is 5.75 Å². The molecular weight excluding hydrogens is 392 g/mol. The molecule has 0 radical (unpaired) electrons. The Bertz CT molecular complexity index is 727. The number of piperidine rings is 1. The van der Waals surface area contributed by atoms with E-state index in [9.17, 15) is 0 Å². The summed E-state index contributed by atoms with van der Waals surface area (Å²) in [6.45, 7) is 10.6. The number of aromatic nitrogens is 3. The molecule has 0 saturated carbocycles. The largest absolute Gasteiger partial charge is 0.494 e. The molecule has 1 aromatic carbocycles. The van der Waals surface area contributed by atoms with Crippen molar-refractivity contribution >= 4 is 5.69 Å². The standard InChI is InChI=1S/C23H36N6O2/c1-2-11-26(12-3-1)13-4-18-31-23-7-5-22(6-8-23)28(21-29-24-9-10-25-29)15-14-27-16-19-30-20-17-27/h5-10H,1-4,11-21H2. The Labute approximate surface area is 185 Å².